The van der Waals surface area contributed by atoms with Crippen LogP contribution in [-0.4, -0.2) is 25.0 Å². The van der Waals surface area contributed by atoms with Crippen LogP contribution in [0.25, 0.3) is 11.3 Å². The van der Waals surface area contributed by atoms with E-state index in [9.17, 15) is 0 Å². The predicted molar refractivity (Wildman–Crippen MR) is 122 cm³/mol. The molecule has 166 valence electrons. The molecule has 7 rings (SSSR count). The number of fused-ring (bicyclic) bond motifs is 7. The number of allylic oxidation sites excluding steroid dienone is 1. The zero-order valence-electron chi connectivity index (χ0n) is 18.6. The summed E-state index contributed by atoms with van der Waals surface area (Å²) >= 11 is 0. The van der Waals surface area contributed by atoms with Gasteiger partial charge in [-0.15, -0.1) is 0 Å². The maximum atomic E-state index is 6.11. The van der Waals surface area contributed by atoms with Gasteiger partial charge in [-0.3, -0.25) is 0 Å². The molecule has 2 aromatic carbocycles. The molecule has 2 aromatic rings. The molecule has 4 aliphatic heterocycles. The van der Waals surface area contributed by atoms with E-state index in [0.717, 1.165) is 48.8 Å². The second-order valence-electron chi connectivity index (χ2n) is 9.63. The third-order valence-corrected chi connectivity index (χ3v) is 7.93. The van der Waals surface area contributed by atoms with Gasteiger partial charge in [0.15, 0.2) is 23.0 Å². The van der Waals surface area contributed by atoms with Crippen molar-refractivity contribution in [2.75, 3.05) is 20.1 Å². The molecule has 5 heteroatoms. The van der Waals surface area contributed by atoms with Gasteiger partial charge in [-0.1, -0.05) is 32.3 Å². The molecule has 0 radical (unpaired) electrons. The minimum atomic E-state index is 0.319. The van der Waals surface area contributed by atoms with Crippen LogP contribution in [0, 0.1) is 5.92 Å². The summed E-state index contributed by atoms with van der Waals surface area (Å²) < 4.78 is 23.4. The number of nitrogens with zero attached hydrogens (tertiary/aromatic N) is 1. The van der Waals surface area contributed by atoms with E-state index in [1.807, 2.05) is 0 Å². The highest BCUT2D eigenvalue weighted by molar-refractivity contribution is 5.96. The normalized spacial score (nSPS) is 22.8. The second-order valence-corrected chi connectivity index (χ2v) is 9.63. The highest BCUT2D eigenvalue weighted by Crippen LogP contribution is 2.57. The molecule has 1 saturated carbocycles. The number of rotatable bonds is 3. The third kappa shape index (κ3) is 2.57. The molecule has 5 nitrogen and oxygen atoms in total. The summed E-state index contributed by atoms with van der Waals surface area (Å²) in [6, 6.07) is 9.20. The van der Waals surface area contributed by atoms with E-state index in [1.54, 1.807) is 0 Å². The fraction of sp³-hybridized carbons (Fsp3) is 0.481. The van der Waals surface area contributed by atoms with E-state index in [-0.39, 0.29) is 0 Å². The molecule has 0 amide bonds. The molecule has 0 saturated heterocycles. The Morgan fingerprint density at radius 1 is 0.906 bits per heavy atom. The van der Waals surface area contributed by atoms with Gasteiger partial charge in [0.05, 0.1) is 6.04 Å². The molecule has 1 fully saturated rings. The summed E-state index contributed by atoms with van der Waals surface area (Å²) in [6.07, 6.45) is 8.41. The van der Waals surface area contributed by atoms with Crippen molar-refractivity contribution in [2.24, 2.45) is 5.92 Å². The van der Waals surface area contributed by atoms with Gasteiger partial charge in [-0.05, 0) is 66.5 Å². The van der Waals surface area contributed by atoms with Gasteiger partial charge in [0.25, 0.3) is 0 Å². The Hall–Kier alpha value is -2.82. The first-order chi connectivity index (χ1) is 15.8. The van der Waals surface area contributed by atoms with Gasteiger partial charge in [-0.2, -0.15) is 0 Å². The molecule has 1 unspecified atom stereocenters. The summed E-state index contributed by atoms with van der Waals surface area (Å²) in [5.74, 6) is 4.32. The SMILES string of the molecule is CCCC1=C2c3cc4c(cc3CCN2C(C2CCCC2)c2c1ccc1c2OCO1)OCO4. The van der Waals surface area contributed by atoms with Crippen molar-refractivity contribution in [3.63, 3.8) is 0 Å². The molecule has 32 heavy (non-hydrogen) atoms. The fourth-order valence-corrected chi connectivity index (χ4v) is 6.63. The summed E-state index contributed by atoms with van der Waals surface area (Å²) in [7, 11) is 0. The molecule has 0 bridgehead atoms. The predicted octanol–water partition coefficient (Wildman–Crippen LogP) is 5.92. The van der Waals surface area contributed by atoms with E-state index >= 15 is 0 Å². The van der Waals surface area contributed by atoms with Crippen LogP contribution in [0.4, 0.5) is 0 Å². The van der Waals surface area contributed by atoms with Crippen molar-refractivity contribution in [1.82, 2.24) is 4.90 Å². The first-order valence-electron chi connectivity index (χ1n) is 12.2. The topological polar surface area (TPSA) is 40.2 Å². The second kappa shape index (κ2) is 7.09. The Bertz CT molecular complexity index is 1130. The molecule has 5 aliphatic rings. The molecule has 1 aliphatic carbocycles. The van der Waals surface area contributed by atoms with Crippen LogP contribution in [0.2, 0.25) is 0 Å². The van der Waals surface area contributed by atoms with Crippen molar-refractivity contribution in [3.05, 3.63) is 46.5 Å². The van der Waals surface area contributed by atoms with E-state index in [2.05, 4.69) is 36.1 Å². The average molecular weight is 432 g/mol. The van der Waals surface area contributed by atoms with Crippen LogP contribution in [0.3, 0.4) is 0 Å². The van der Waals surface area contributed by atoms with E-state index in [0.29, 0.717) is 25.5 Å². The molecule has 0 aromatic heterocycles. The molecule has 0 N–H and O–H groups in total. The maximum absolute atomic E-state index is 6.11. The van der Waals surface area contributed by atoms with Gasteiger partial charge in [0.1, 0.15) is 0 Å². The van der Waals surface area contributed by atoms with Crippen molar-refractivity contribution < 1.29 is 18.9 Å². The Balaban J connectivity index is 1.50. The maximum Gasteiger partial charge on any atom is 0.231 e. The Morgan fingerprint density at radius 3 is 2.53 bits per heavy atom. The number of hydrogen-bond acceptors (Lipinski definition) is 5. The van der Waals surface area contributed by atoms with E-state index < -0.39 is 0 Å². The summed E-state index contributed by atoms with van der Waals surface area (Å²) in [5.41, 5.74) is 8.30. The Morgan fingerprint density at radius 2 is 1.69 bits per heavy atom. The minimum Gasteiger partial charge on any atom is -0.454 e. The van der Waals surface area contributed by atoms with E-state index in [1.165, 1.54) is 59.2 Å². The lowest BCUT2D eigenvalue weighted by atomic mass is 9.76. The van der Waals surface area contributed by atoms with Gasteiger partial charge in [-0.25, -0.2) is 0 Å². The number of benzene rings is 2. The highest BCUT2D eigenvalue weighted by Gasteiger charge is 2.44. The zero-order chi connectivity index (χ0) is 21.2. The van der Waals surface area contributed by atoms with Gasteiger partial charge in [0.2, 0.25) is 13.6 Å². The quantitative estimate of drug-likeness (QED) is 0.604. The lowest BCUT2D eigenvalue weighted by Gasteiger charge is -2.47. The summed E-state index contributed by atoms with van der Waals surface area (Å²) in [6.45, 7) is 3.95. The van der Waals surface area contributed by atoms with Crippen LogP contribution in [0.15, 0.2) is 24.3 Å². The standard InChI is InChI=1S/C27H29NO4/c1-2-5-19-18-8-9-21-27(32-15-29-21)24(18)25(16-6-3-4-7-16)28-11-10-17-12-22-23(31-14-30-22)13-20(17)26(19)28/h8-9,12-13,16,25H,2-7,10-11,14-15H2,1H3. The third-order valence-electron chi connectivity index (χ3n) is 7.93. The van der Waals surface area contributed by atoms with Crippen molar-refractivity contribution in [1.29, 1.82) is 0 Å². The van der Waals surface area contributed by atoms with Gasteiger partial charge >= 0.3 is 0 Å². The molecule has 4 heterocycles. The molecular formula is C27H29NO4. The van der Waals surface area contributed by atoms with Crippen LogP contribution < -0.4 is 18.9 Å². The summed E-state index contributed by atoms with van der Waals surface area (Å²) in [4.78, 5) is 2.72. The van der Waals surface area contributed by atoms with E-state index in [4.69, 9.17) is 18.9 Å². The fourth-order valence-electron chi connectivity index (χ4n) is 6.63. The first-order valence-corrected chi connectivity index (χ1v) is 12.2. The highest BCUT2D eigenvalue weighted by atomic mass is 16.7. The Kier molecular flexibility index (Phi) is 4.15. The lowest BCUT2D eigenvalue weighted by Crippen LogP contribution is -2.40. The molecule has 1 atom stereocenters. The van der Waals surface area contributed by atoms with Gasteiger partial charge in [0, 0.05) is 23.4 Å². The molecule has 0 spiro atoms. The van der Waals surface area contributed by atoms with Crippen LogP contribution in [0.1, 0.15) is 73.7 Å². The first kappa shape index (κ1) is 18.7. The lowest BCUT2D eigenvalue weighted by molar-refractivity contribution is 0.166. The largest absolute Gasteiger partial charge is 0.454 e. The number of hydrogen-bond donors (Lipinski definition) is 0. The minimum absolute atomic E-state index is 0.319. The van der Waals surface area contributed by atoms with Gasteiger partial charge < -0.3 is 23.8 Å². The Labute approximate surface area is 188 Å². The number of ether oxygens (including phenoxy) is 4. The molecular weight excluding hydrogens is 402 g/mol. The van der Waals surface area contributed by atoms with Crippen molar-refractivity contribution in [3.8, 4) is 23.0 Å². The van der Waals surface area contributed by atoms with Crippen LogP contribution in [0.5, 0.6) is 23.0 Å². The van der Waals surface area contributed by atoms with Crippen LogP contribution >= 0.6 is 0 Å². The monoisotopic (exact) mass is 431 g/mol. The smallest absolute Gasteiger partial charge is 0.231 e. The average Bonchev–Trinajstić information content (AvgIpc) is 3.58. The van der Waals surface area contributed by atoms with Crippen molar-refractivity contribution >= 4 is 11.3 Å². The summed E-state index contributed by atoms with van der Waals surface area (Å²) in [5, 5.41) is 0. The van der Waals surface area contributed by atoms with Crippen LogP contribution in [-0.2, 0) is 6.42 Å². The zero-order valence-corrected chi connectivity index (χ0v) is 18.6. The van der Waals surface area contributed by atoms with Crippen molar-refractivity contribution in [2.45, 2.75) is 57.9 Å².